The van der Waals surface area contributed by atoms with Gasteiger partial charge in [0.15, 0.2) is 0 Å². The summed E-state index contributed by atoms with van der Waals surface area (Å²) in [5, 5.41) is 11.9. The summed E-state index contributed by atoms with van der Waals surface area (Å²) in [6.45, 7) is 5.23. The highest BCUT2D eigenvalue weighted by Crippen LogP contribution is 2.36. The van der Waals surface area contributed by atoms with E-state index in [1.165, 1.54) is 18.2 Å². The van der Waals surface area contributed by atoms with Gasteiger partial charge < -0.3 is 15.2 Å². The minimum atomic E-state index is -4.32. The molecule has 0 fully saturated rings. The van der Waals surface area contributed by atoms with Gasteiger partial charge in [-0.15, -0.1) is 11.8 Å². The zero-order valence-electron chi connectivity index (χ0n) is 17.7. The normalized spacial score (nSPS) is 11.8. The van der Waals surface area contributed by atoms with Crippen LogP contribution in [-0.4, -0.2) is 28.9 Å². The minimum Gasteiger partial charge on any atom is -0.481 e. The first-order valence-corrected chi connectivity index (χ1v) is 11.0. The van der Waals surface area contributed by atoms with Crippen molar-refractivity contribution in [3.8, 4) is 11.5 Å². The highest BCUT2D eigenvalue weighted by atomic mass is 35.5. The third-order valence-electron chi connectivity index (χ3n) is 4.09. The average Bonchev–Trinajstić information content (AvgIpc) is 2.64. The standard InChI is InChI=1S/C22H23ClF3NO4S/c1-21(2,3)20(30)27-15-5-7-17(14(10-15)11-32-12-22(24,25)26)31-18-8-13(9-19(28)29)4-6-16(18)23/h4-8,10H,9,11-12H2,1-3H3,(H,27,30)(H,28,29). The fourth-order valence-electron chi connectivity index (χ4n) is 2.49. The van der Waals surface area contributed by atoms with Crippen molar-refractivity contribution >= 4 is 40.9 Å². The fourth-order valence-corrected chi connectivity index (χ4v) is 3.43. The number of thioether (sulfide) groups is 1. The van der Waals surface area contributed by atoms with Crippen molar-refractivity contribution in [1.29, 1.82) is 0 Å². The largest absolute Gasteiger partial charge is 0.481 e. The highest BCUT2D eigenvalue weighted by molar-refractivity contribution is 7.98. The molecule has 0 aliphatic heterocycles. The highest BCUT2D eigenvalue weighted by Gasteiger charge is 2.27. The van der Waals surface area contributed by atoms with Crippen molar-refractivity contribution in [2.75, 3.05) is 11.1 Å². The number of carbonyl (C=O) groups excluding carboxylic acids is 1. The van der Waals surface area contributed by atoms with Crippen molar-refractivity contribution < 1.29 is 32.6 Å². The molecule has 32 heavy (non-hydrogen) atoms. The van der Waals surface area contributed by atoms with Gasteiger partial charge in [0.05, 0.1) is 17.2 Å². The van der Waals surface area contributed by atoms with Crippen LogP contribution in [0.15, 0.2) is 36.4 Å². The van der Waals surface area contributed by atoms with Crippen molar-refractivity contribution in [2.24, 2.45) is 5.41 Å². The SMILES string of the molecule is CC(C)(C)C(=O)Nc1ccc(Oc2cc(CC(=O)O)ccc2Cl)c(CSCC(F)(F)F)c1. The lowest BCUT2D eigenvalue weighted by Gasteiger charge is -2.19. The Morgan fingerprint density at radius 3 is 2.38 bits per heavy atom. The van der Waals surface area contributed by atoms with Crippen LogP contribution in [0.25, 0.3) is 0 Å². The van der Waals surface area contributed by atoms with E-state index in [-0.39, 0.29) is 34.6 Å². The lowest BCUT2D eigenvalue weighted by atomic mass is 9.95. The van der Waals surface area contributed by atoms with Gasteiger partial charge in [0.2, 0.25) is 5.91 Å². The molecular weight excluding hydrogens is 467 g/mol. The summed E-state index contributed by atoms with van der Waals surface area (Å²) in [6, 6.07) is 9.17. The number of carbonyl (C=O) groups is 2. The number of ether oxygens (including phenoxy) is 1. The molecule has 2 aromatic carbocycles. The number of hydrogen-bond donors (Lipinski definition) is 2. The Morgan fingerprint density at radius 2 is 1.78 bits per heavy atom. The molecule has 2 N–H and O–H groups in total. The van der Waals surface area contributed by atoms with Crippen LogP contribution < -0.4 is 10.1 Å². The number of hydrogen-bond acceptors (Lipinski definition) is 4. The number of anilines is 1. The van der Waals surface area contributed by atoms with E-state index in [4.69, 9.17) is 21.4 Å². The second-order valence-corrected chi connectivity index (χ2v) is 9.46. The summed E-state index contributed by atoms with van der Waals surface area (Å²) in [6.07, 6.45) is -4.56. The molecule has 174 valence electrons. The molecule has 0 saturated carbocycles. The summed E-state index contributed by atoms with van der Waals surface area (Å²) < 4.78 is 43.7. The second kappa shape index (κ2) is 10.5. The monoisotopic (exact) mass is 489 g/mol. The molecule has 0 aliphatic rings. The number of nitrogens with one attached hydrogen (secondary N) is 1. The molecule has 0 aliphatic carbocycles. The second-order valence-electron chi connectivity index (χ2n) is 8.07. The van der Waals surface area contributed by atoms with Crippen molar-refractivity contribution in [3.63, 3.8) is 0 Å². The van der Waals surface area contributed by atoms with Gasteiger partial charge in [-0.25, -0.2) is 0 Å². The third-order valence-corrected chi connectivity index (χ3v) is 5.45. The maximum absolute atomic E-state index is 12.6. The molecule has 0 unspecified atom stereocenters. The van der Waals surface area contributed by atoms with Crippen LogP contribution in [0.1, 0.15) is 31.9 Å². The Morgan fingerprint density at radius 1 is 1.09 bits per heavy atom. The number of carboxylic acid groups (broad SMARTS) is 1. The van der Waals surface area contributed by atoms with Gasteiger partial charge in [-0.1, -0.05) is 38.4 Å². The summed E-state index contributed by atoms with van der Waals surface area (Å²) in [5.41, 5.74) is 0.647. The van der Waals surface area contributed by atoms with Gasteiger partial charge in [-0.3, -0.25) is 9.59 Å². The van der Waals surface area contributed by atoms with Crippen LogP contribution in [0, 0.1) is 5.41 Å². The number of carboxylic acids is 1. The Hall–Kier alpha value is -2.39. The third kappa shape index (κ3) is 8.27. The molecule has 5 nitrogen and oxygen atoms in total. The van der Waals surface area contributed by atoms with Crippen LogP contribution in [0.3, 0.4) is 0 Å². The predicted molar refractivity (Wildman–Crippen MR) is 120 cm³/mol. The molecule has 0 bridgehead atoms. The number of alkyl halides is 3. The van der Waals surface area contributed by atoms with E-state index in [1.807, 2.05) is 0 Å². The molecule has 0 spiro atoms. The molecule has 2 rings (SSSR count). The first-order valence-electron chi connectivity index (χ1n) is 9.51. The van der Waals surface area contributed by atoms with E-state index in [2.05, 4.69) is 5.32 Å². The van der Waals surface area contributed by atoms with Gasteiger partial charge in [0.25, 0.3) is 0 Å². The molecule has 0 atom stereocenters. The maximum Gasteiger partial charge on any atom is 0.397 e. The van der Waals surface area contributed by atoms with E-state index < -0.39 is 23.3 Å². The van der Waals surface area contributed by atoms with E-state index in [0.717, 1.165) is 0 Å². The first-order chi connectivity index (χ1) is 14.7. The number of halogens is 4. The Kier molecular flexibility index (Phi) is 8.47. The molecule has 1 amide bonds. The van der Waals surface area contributed by atoms with Gasteiger partial charge in [0, 0.05) is 22.4 Å². The average molecular weight is 490 g/mol. The smallest absolute Gasteiger partial charge is 0.397 e. The molecule has 0 aromatic heterocycles. The van der Waals surface area contributed by atoms with Gasteiger partial charge in [0.1, 0.15) is 11.5 Å². The number of aliphatic carboxylic acids is 1. The van der Waals surface area contributed by atoms with Gasteiger partial charge in [-0.05, 0) is 35.9 Å². The zero-order valence-corrected chi connectivity index (χ0v) is 19.2. The molecule has 0 saturated heterocycles. The molecule has 0 heterocycles. The Balaban J connectivity index is 2.33. The zero-order chi connectivity index (χ0) is 24.1. The Bertz CT molecular complexity index is 990. The van der Waals surface area contributed by atoms with Gasteiger partial charge >= 0.3 is 12.1 Å². The number of benzene rings is 2. The van der Waals surface area contributed by atoms with E-state index >= 15 is 0 Å². The van der Waals surface area contributed by atoms with Crippen molar-refractivity contribution in [2.45, 2.75) is 39.1 Å². The summed E-state index contributed by atoms with van der Waals surface area (Å²) in [5.74, 6) is -1.91. The molecular formula is C22H23ClF3NO4S. The lowest BCUT2D eigenvalue weighted by molar-refractivity contribution is -0.136. The molecule has 2 aromatic rings. The van der Waals surface area contributed by atoms with Crippen LogP contribution in [-0.2, 0) is 21.8 Å². The lowest BCUT2D eigenvalue weighted by Crippen LogP contribution is -2.27. The topological polar surface area (TPSA) is 75.6 Å². The summed E-state index contributed by atoms with van der Waals surface area (Å²) in [7, 11) is 0. The van der Waals surface area contributed by atoms with Gasteiger partial charge in [-0.2, -0.15) is 13.2 Å². The van der Waals surface area contributed by atoms with Crippen LogP contribution in [0.2, 0.25) is 5.02 Å². The van der Waals surface area contributed by atoms with Crippen molar-refractivity contribution in [3.05, 3.63) is 52.5 Å². The minimum absolute atomic E-state index is 0.0273. The first kappa shape index (κ1) is 25.9. The Labute approximate surface area is 193 Å². The van der Waals surface area contributed by atoms with E-state index in [0.29, 0.717) is 28.6 Å². The summed E-state index contributed by atoms with van der Waals surface area (Å²) >= 11 is 6.82. The van der Waals surface area contributed by atoms with Crippen molar-refractivity contribution in [1.82, 2.24) is 0 Å². The van der Waals surface area contributed by atoms with Crippen LogP contribution >= 0.6 is 23.4 Å². The maximum atomic E-state index is 12.6. The number of rotatable bonds is 8. The fraction of sp³-hybridized carbons (Fsp3) is 0.364. The quantitative estimate of drug-likeness (QED) is 0.440. The van der Waals surface area contributed by atoms with Crippen LogP contribution in [0.4, 0.5) is 18.9 Å². The molecule has 10 heteroatoms. The molecule has 0 radical (unpaired) electrons. The van der Waals surface area contributed by atoms with E-state index in [1.54, 1.807) is 39.0 Å². The summed E-state index contributed by atoms with van der Waals surface area (Å²) in [4.78, 5) is 23.2. The van der Waals surface area contributed by atoms with E-state index in [9.17, 15) is 22.8 Å². The predicted octanol–water partition coefficient (Wildman–Crippen LogP) is 6.54. The number of amides is 1. The van der Waals surface area contributed by atoms with Crippen LogP contribution in [0.5, 0.6) is 11.5 Å².